The van der Waals surface area contributed by atoms with Crippen LogP contribution in [-0.4, -0.2) is 22.0 Å². The first-order valence-corrected chi connectivity index (χ1v) is 6.57. The highest BCUT2D eigenvalue weighted by molar-refractivity contribution is 9.10. The van der Waals surface area contributed by atoms with Crippen molar-refractivity contribution in [2.75, 3.05) is 5.32 Å². The number of amides is 1. The van der Waals surface area contributed by atoms with Crippen LogP contribution in [0.4, 0.5) is 5.69 Å². The normalized spacial score (nSPS) is 10.1. The van der Waals surface area contributed by atoms with Gasteiger partial charge in [-0.1, -0.05) is 22.0 Å². The zero-order valence-electron chi connectivity index (χ0n) is 10.3. The summed E-state index contributed by atoms with van der Waals surface area (Å²) in [6.07, 6.45) is 1.75. The van der Waals surface area contributed by atoms with E-state index in [2.05, 4.69) is 26.2 Å². The number of rotatable bonds is 4. The second kappa shape index (κ2) is 6.29. The summed E-state index contributed by atoms with van der Waals surface area (Å²) < 4.78 is 0.588. The molecule has 20 heavy (non-hydrogen) atoms. The predicted molar refractivity (Wildman–Crippen MR) is 77.7 cm³/mol. The molecule has 0 radical (unpaired) electrons. The summed E-state index contributed by atoms with van der Waals surface area (Å²) in [6, 6.07) is 9.85. The van der Waals surface area contributed by atoms with Crippen LogP contribution < -0.4 is 5.32 Å². The molecular formula is C14H11BrN2O3. The van der Waals surface area contributed by atoms with E-state index in [1.807, 2.05) is 0 Å². The number of aromatic carboxylic acids is 1. The molecule has 102 valence electrons. The molecule has 2 aromatic rings. The van der Waals surface area contributed by atoms with Crippen LogP contribution in [0.15, 0.2) is 47.1 Å². The maximum atomic E-state index is 11.9. The van der Waals surface area contributed by atoms with Crippen molar-refractivity contribution in [2.45, 2.75) is 6.42 Å². The number of carbonyl (C=O) groups is 2. The van der Waals surface area contributed by atoms with Gasteiger partial charge in [0, 0.05) is 22.1 Å². The molecule has 1 aromatic heterocycles. The summed E-state index contributed by atoms with van der Waals surface area (Å²) >= 11 is 3.21. The van der Waals surface area contributed by atoms with Crippen molar-refractivity contribution in [3.63, 3.8) is 0 Å². The van der Waals surface area contributed by atoms with Crippen LogP contribution in [-0.2, 0) is 11.2 Å². The number of hydrogen-bond donors (Lipinski definition) is 2. The third-order valence-corrected chi connectivity index (χ3v) is 2.95. The number of halogens is 1. The number of hydrogen-bond acceptors (Lipinski definition) is 3. The lowest BCUT2D eigenvalue weighted by molar-refractivity contribution is -0.115. The Morgan fingerprint density at radius 3 is 2.70 bits per heavy atom. The molecular weight excluding hydrogens is 324 g/mol. The van der Waals surface area contributed by atoms with Gasteiger partial charge >= 0.3 is 5.97 Å². The molecule has 1 aromatic carbocycles. The van der Waals surface area contributed by atoms with Gasteiger partial charge in [-0.05, 0) is 30.3 Å². The fourth-order valence-electron chi connectivity index (χ4n) is 1.66. The highest BCUT2D eigenvalue weighted by atomic mass is 79.9. The molecule has 0 atom stereocenters. The summed E-state index contributed by atoms with van der Waals surface area (Å²) in [6.45, 7) is 0. The van der Waals surface area contributed by atoms with E-state index in [1.54, 1.807) is 30.5 Å². The highest BCUT2D eigenvalue weighted by Gasteiger charge is 2.09. The van der Waals surface area contributed by atoms with Gasteiger partial charge in [-0.2, -0.15) is 0 Å². The van der Waals surface area contributed by atoms with Gasteiger partial charge in [0.2, 0.25) is 5.91 Å². The first-order chi connectivity index (χ1) is 9.54. The van der Waals surface area contributed by atoms with Crippen LogP contribution in [0, 0.1) is 0 Å². The summed E-state index contributed by atoms with van der Waals surface area (Å²) in [5, 5.41) is 11.6. The van der Waals surface area contributed by atoms with Crippen molar-refractivity contribution in [2.24, 2.45) is 0 Å². The van der Waals surface area contributed by atoms with E-state index in [1.165, 1.54) is 12.1 Å². The number of carbonyl (C=O) groups excluding carboxylic acids is 1. The van der Waals surface area contributed by atoms with Crippen LogP contribution >= 0.6 is 15.9 Å². The van der Waals surface area contributed by atoms with Crippen LogP contribution in [0.3, 0.4) is 0 Å². The molecule has 6 heteroatoms. The zero-order chi connectivity index (χ0) is 14.5. The molecule has 0 unspecified atom stereocenters. The van der Waals surface area contributed by atoms with Crippen LogP contribution in [0.1, 0.15) is 16.1 Å². The Morgan fingerprint density at radius 1 is 1.25 bits per heavy atom. The van der Waals surface area contributed by atoms with Gasteiger partial charge in [-0.15, -0.1) is 0 Å². The molecule has 0 fully saturated rings. The Balaban J connectivity index is 2.10. The number of nitrogens with zero attached hydrogens (tertiary/aromatic N) is 1. The van der Waals surface area contributed by atoms with Gasteiger partial charge in [0.1, 0.15) is 0 Å². The summed E-state index contributed by atoms with van der Waals surface area (Å²) in [5.41, 5.74) is 1.18. The number of anilines is 1. The van der Waals surface area contributed by atoms with Crippen LogP contribution in [0.5, 0.6) is 0 Å². The molecule has 0 spiro atoms. The van der Waals surface area contributed by atoms with E-state index in [4.69, 9.17) is 5.11 Å². The predicted octanol–water partition coefficient (Wildman–Crippen LogP) is 2.72. The minimum Gasteiger partial charge on any atom is -0.478 e. The van der Waals surface area contributed by atoms with Crippen molar-refractivity contribution >= 4 is 33.5 Å². The number of aromatic nitrogens is 1. The third kappa shape index (κ3) is 3.89. The fourth-order valence-corrected chi connectivity index (χ4v) is 2.15. The number of nitrogens with one attached hydrogen (secondary N) is 1. The van der Waals surface area contributed by atoms with Gasteiger partial charge in [-0.3, -0.25) is 9.78 Å². The maximum absolute atomic E-state index is 11.9. The highest BCUT2D eigenvalue weighted by Crippen LogP contribution is 2.20. The average Bonchev–Trinajstić information content (AvgIpc) is 2.38. The van der Waals surface area contributed by atoms with E-state index in [-0.39, 0.29) is 17.9 Å². The van der Waals surface area contributed by atoms with Crippen molar-refractivity contribution in [3.05, 3.63) is 58.3 Å². The van der Waals surface area contributed by atoms with E-state index < -0.39 is 5.97 Å². The smallest absolute Gasteiger partial charge is 0.335 e. The number of benzene rings is 1. The minimum atomic E-state index is -1.05. The summed E-state index contributed by atoms with van der Waals surface area (Å²) in [5.74, 6) is -1.30. The first kappa shape index (κ1) is 14.2. The molecule has 1 amide bonds. The Bertz CT molecular complexity index is 644. The molecule has 2 N–H and O–H groups in total. The Labute approximate surface area is 123 Å². The van der Waals surface area contributed by atoms with Crippen LogP contribution in [0.2, 0.25) is 0 Å². The van der Waals surface area contributed by atoms with E-state index in [0.717, 1.165) is 0 Å². The standard InChI is InChI=1S/C14H11BrN2O3/c15-10-5-9(14(19)20)6-12(7-10)17-13(18)8-11-3-1-2-4-16-11/h1-7H,8H2,(H,17,18)(H,19,20). The van der Waals surface area contributed by atoms with Gasteiger partial charge < -0.3 is 10.4 Å². The molecule has 0 aliphatic rings. The molecule has 0 bridgehead atoms. The SMILES string of the molecule is O=C(Cc1ccccn1)Nc1cc(Br)cc(C(=O)O)c1. The van der Waals surface area contributed by atoms with E-state index in [0.29, 0.717) is 15.9 Å². The lowest BCUT2D eigenvalue weighted by Crippen LogP contribution is -2.15. The van der Waals surface area contributed by atoms with Crippen molar-refractivity contribution in [1.29, 1.82) is 0 Å². The van der Waals surface area contributed by atoms with Crippen molar-refractivity contribution in [1.82, 2.24) is 4.98 Å². The Morgan fingerprint density at radius 2 is 2.05 bits per heavy atom. The summed E-state index contributed by atoms with van der Waals surface area (Å²) in [4.78, 5) is 26.9. The van der Waals surface area contributed by atoms with Gasteiger partial charge in [-0.25, -0.2) is 4.79 Å². The molecule has 1 heterocycles. The lowest BCUT2D eigenvalue weighted by Gasteiger charge is -2.07. The molecule has 2 rings (SSSR count). The number of pyridine rings is 1. The van der Waals surface area contributed by atoms with E-state index in [9.17, 15) is 9.59 Å². The zero-order valence-corrected chi connectivity index (χ0v) is 11.9. The van der Waals surface area contributed by atoms with Gasteiger partial charge in [0.25, 0.3) is 0 Å². The monoisotopic (exact) mass is 334 g/mol. The van der Waals surface area contributed by atoms with E-state index >= 15 is 0 Å². The molecule has 0 aliphatic heterocycles. The van der Waals surface area contributed by atoms with Crippen molar-refractivity contribution < 1.29 is 14.7 Å². The minimum absolute atomic E-state index is 0.104. The number of carboxylic acids is 1. The van der Waals surface area contributed by atoms with Gasteiger partial charge in [0.05, 0.1) is 12.0 Å². The molecule has 0 saturated heterocycles. The quantitative estimate of drug-likeness (QED) is 0.900. The lowest BCUT2D eigenvalue weighted by atomic mass is 10.2. The van der Waals surface area contributed by atoms with Crippen LogP contribution in [0.25, 0.3) is 0 Å². The van der Waals surface area contributed by atoms with Crippen molar-refractivity contribution in [3.8, 4) is 0 Å². The number of carboxylic acid groups (broad SMARTS) is 1. The average molecular weight is 335 g/mol. The molecule has 0 saturated carbocycles. The maximum Gasteiger partial charge on any atom is 0.335 e. The Hall–Kier alpha value is -2.21. The molecule has 0 aliphatic carbocycles. The Kier molecular flexibility index (Phi) is 4.47. The molecule has 5 nitrogen and oxygen atoms in total. The van der Waals surface area contributed by atoms with Gasteiger partial charge in [0.15, 0.2) is 0 Å². The summed E-state index contributed by atoms with van der Waals surface area (Å²) in [7, 11) is 0. The third-order valence-electron chi connectivity index (χ3n) is 2.50. The topological polar surface area (TPSA) is 79.3 Å². The second-order valence-electron chi connectivity index (χ2n) is 4.08. The second-order valence-corrected chi connectivity index (χ2v) is 5.00. The largest absolute Gasteiger partial charge is 0.478 e. The first-order valence-electron chi connectivity index (χ1n) is 5.78. The fraction of sp³-hybridized carbons (Fsp3) is 0.0714.